The Hall–Kier alpha value is -9.18. The van der Waals surface area contributed by atoms with Crippen LogP contribution in [0.15, 0.2) is 243 Å². The summed E-state index contributed by atoms with van der Waals surface area (Å²) in [6, 6.07) is 91.1. The van der Waals surface area contributed by atoms with Crippen LogP contribution in [0.2, 0.25) is 0 Å². The highest BCUT2D eigenvalue weighted by molar-refractivity contribution is 6.38. The molecule has 15 rings (SSSR count). The van der Waals surface area contributed by atoms with E-state index in [0.29, 0.717) is 11.8 Å². The molecule has 0 aliphatic carbocycles. The quantitative estimate of drug-likeness (QED) is 0.124. The van der Waals surface area contributed by atoms with Crippen LogP contribution < -0.4 is 4.90 Å². The lowest BCUT2D eigenvalue weighted by Crippen LogP contribution is -2.10. The van der Waals surface area contributed by atoms with Gasteiger partial charge in [0.1, 0.15) is 0 Å². The van der Waals surface area contributed by atoms with E-state index >= 15 is 0 Å². The smallest absolute Gasteiger partial charge is 0.0634 e. The highest BCUT2D eigenvalue weighted by atomic mass is 15.1. The van der Waals surface area contributed by atoms with Gasteiger partial charge < -0.3 is 13.7 Å². The maximum absolute atomic E-state index is 2.66. The molecule has 0 N–H and O–H groups in total. The van der Waals surface area contributed by atoms with E-state index in [9.17, 15) is 0 Å². The largest absolute Gasteiger partial charge is 0.310 e. The number of nitrogens with zero attached hydrogens (tertiary/aromatic N) is 3. The number of para-hydroxylation sites is 3. The lowest BCUT2D eigenvalue weighted by atomic mass is 9.82. The van der Waals surface area contributed by atoms with Gasteiger partial charge in [-0.1, -0.05) is 228 Å². The predicted molar refractivity (Wildman–Crippen MR) is 323 cm³/mol. The minimum Gasteiger partial charge on any atom is -0.310 e. The fraction of sp³-hybridized carbons (Fsp3) is 0.0959. The highest BCUT2D eigenvalue weighted by Crippen LogP contribution is 2.56. The highest BCUT2D eigenvalue weighted by Gasteiger charge is 2.33. The summed E-state index contributed by atoms with van der Waals surface area (Å²) in [7, 11) is 0. The van der Waals surface area contributed by atoms with Crippen LogP contribution in [0.3, 0.4) is 0 Å². The van der Waals surface area contributed by atoms with Crippen molar-refractivity contribution in [2.24, 2.45) is 0 Å². The molecule has 3 nitrogen and oxygen atoms in total. The molecular formula is C73H55N3. The number of rotatable bonds is 10. The summed E-state index contributed by atoms with van der Waals surface area (Å²) < 4.78 is 5.29. The fourth-order valence-electron chi connectivity index (χ4n) is 13.3. The molecule has 0 aliphatic heterocycles. The van der Waals surface area contributed by atoms with Crippen LogP contribution in [0.1, 0.15) is 73.3 Å². The molecule has 4 heterocycles. The van der Waals surface area contributed by atoms with Crippen LogP contribution in [0, 0.1) is 0 Å². The second-order valence-corrected chi connectivity index (χ2v) is 21.5. The molecule has 11 aromatic carbocycles. The molecule has 362 valence electrons. The molecule has 0 bridgehead atoms. The zero-order valence-corrected chi connectivity index (χ0v) is 43.2. The predicted octanol–water partition coefficient (Wildman–Crippen LogP) is 20.2. The Morgan fingerprint density at radius 2 is 0.697 bits per heavy atom. The van der Waals surface area contributed by atoms with Gasteiger partial charge in [-0.05, 0) is 93.2 Å². The van der Waals surface area contributed by atoms with Gasteiger partial charge in [0.25, 0.3) is 0 Å². The van der Waals surface area contributed by atoms with E-state index in [1.807, 2.05) is 0 Å². The number of hydrogen-bond donors (Lipinski definition) is 0. The summed E-state index contributed by atoms with van der Waals surface area (Å²) in [6.45, 7) is 9.09. The summed E-state index contributed by atoms with van der Waals surface area (Å²) in [4.78, 5) is 2.46. The van der Waals surface area contributed by atoms with E-state index in [1.54, 1.807) is 0 Å². The Morgan fingerprint density at radius 3 is 1.22 bits per heavy atom. The molecule has 0 amide bonds. The molecule has 0 fully saturated rings. The molecule has 15 aromatic rings. The van der Waals surface area contributed by atoms with Gasteiger partial charge in [-0.2, -0.15) is 0 Å². The zero-order valence-electron chi connectivity index (χ0n) is 43.2. The monoisotopic (exact) mass is 973 g/mol. The third-order valence-electron chi connectivity index (χ3n) is 16.6. The van der Waals surface area contributed by atoms with E-state index < -0.39 is 0 Å². The maximum atomic E-state index is 2.66. The summed E-state index contributed by atoms with van der Waals surface area (Å²) in [5.41, 5.74) is 22.3. The minimum atomic E-state index is 0.0279. The average molecular weight is 974 g/mol. The number of aromatic nitrogens is 2. The van der Waals surface area contributed by atoms with Gasteiger partial charge in [0.05, 0.1) is 38.8 Å². The third-order valence-corrected chi connectivity index (χ3v) is 16.6. The summed E-state index contributed by atoms with van der Waals surface area (Å²) in [5.74, 6) is 0.924. The Balaban J connectivity index is 1.11. The number of anilines is 3. The van der Waals surface area contributed by atoms with Crippen molar-refractivity contribution in [3.05, 3.63) is 270 Å². The second-order valence-electron chi connectivity index (χ2n) is 21.5. The Labute approximate surface area is 442 Å². The third kappa shape index (κ3) is 6.42. The zero-order chi connectivity index (χ0) is 50.8. The van der Waals surface area contributed by atoms with E-state index in [4.69, 9.17) is 0 Å². The van der Waals surface area contributed by atoms with Crippen LogP contribution >= 0.6 is 0 Å². The van der Waals surface area contributed by atoms with Crippen molar-refractivity contribution in [1.82, 2.24) is 8.80 Å². The van der Waals surface area contributed by atoms with Gasteiger partial charge >= 0.3 is 0 Å². The molecule has 76 heavy (non-hydrogen) atoms. The first-order valence-corrected chi connectivity index (χ1v) is 27.0. The van der Waals surface area contributed by atoms with Crippen molar-refractivity contribution in [3.8, 4) is 22.3 Å². The van der Waals surface area contributed by atoms with Crippen molar-refractivity contribution in [2.45, 2.75) is 45.4 Å². The number of benzene rings is 11. The molecule has 0 radical (unpaired) electrons. The van der Waals surface area contributed by atoms with Gasteiger partial charge in [-0.15, -0.1) is 0 Å². The standard InChI is InChI=1S/C73H55N3/c1-45(2)47-37-39-52(40-38-47)63(49-21-9-5-10-22-49)55-29-19-34-60-66(55)56-30-17-32-58-68-65(51-25-13-7-14-26-51)73-69(64(50-23-11-6-12-24-50)72(68)75(60)70(56)58)59-33-18-31-57-67-61(35-20-36-62(67)76(73)71(57)59)74(53-27-15-8-16-28-53)54-43-41-48(42-44-54)46(3)4/h5-46,63H,1-4H3. The van der Waals surface area contributed by atoms with E-state index in [1.165, 1.54) is 126 Å². The molecular weight excluding hydrogens is 919 g/mol. The van der Waals surface area contributed by atoms with Crippen molar-refractivity contribution in [2.75, 3.05) is 4.90 Å². The van der Waals surface area contributed by atoms with E-state index in [-0.39, 0.29) is 5.92 Å². The topological polar surface area (TPSA) is 12.1 Å². The average Bonchev–Trinajstić information content (AvgIpc) is 4.31. The SMILES string of the molecule is CC(C)c1ccc(C(c2ccccc2)c2cccc3c2c2cccc4c5c(-c6ccccc6)c6c(c(-c7ccccc7)c5n3c24)c2cccc3c4c(N(c5ccccc5)c5ccc(C(C)C)cc5)cccc4n6c32)cc1. The molecule has 3 heteroatoms. The normalized spacial score (nSPS) is 12.7. The first kappa shape index (κ1) is 44.3. The summed E-state index contributed by atoms with van der Waals surface area (Å²) >= 11 is 0. The van der Waals surface area contributed by atoms with Crippen LogP contribution in [-0.2, 0) is 0 Å². The molecule has 0 saturated heterocycles. The van der Waals surface area contributed by atoms with Gasteiger partial charge in [0.2, 0.25) is 0 Å². The number of fused-ring (bicyclic) bond motifs is 12. The van der Waals surface area contributed by atoms with E-state index in [0.717, 1.165) is 17.1 Å². The van der Waals surface area contributed by atoms with E-state index in [2.05, 4.69) is 284 Å². The van der Waals surface area contributed by atoms with Crippen molar-refractivity contribution in [3.63, 3.8) is 0 Å². The minimum absolute atomic E-state index is 0.0279. The Bertz CT molecular complexity index is 4340. The number of hydrogen-bond acceptors (Lipinski definition) is 1. The van der Waals surface area contributed by atoms with Crippen LogP contribution in [0.5, 0.6) is 0 Å². The van der Waals surface area contributed by atoms with Gasteiger partial charge in [0.15, 0.2) is 0 Å². The molecule has 0 spiro atoms. The summed E-state index contributed by atoms with van der Waals surface area (Å²) in [6.07, 6.45) is 0. The van der Waals surface area contributed by atoms with Gasteiger partial charge in [-0.3, -0.25) is 0 Å². The van der Waals surface area contributed by atoms with Crippen LogP contribution in [-0.4, -0.2) is 8.80 Å². The lowest BCUT2D eigenvalue weighted by Gasteiger charge is -2.27. The second kappa shape index (κ2) is 17.2. The molecule has 4 aromatic heterocycles. The molecule has 0 aliphatic rings. The van der Waals surface area contributed by atoms with Crippen molar-refractivity contribution < 1.29 is 0 Å². The van der Waals surface area contributed by atoms with Crippen molar-refractivity contribution >= 4 is 93.3 Å². The molecule has 1 atom stereocenters. The van der Waals surface area contributed by atoms with Gasteiger partial charge in [0, 0.05) is 71.5 Å². The first-order valence-electron chi connectivity index (χ1n) is 27.0. The Kier molecular flexibility index (Phi) is 10.0. The van der Waals surface area contributed by atoms with Crippen LogP contribution in [0.25, 0.3) is 98.4 Å². The summed E-state index contributed by atoms with van der Waals surface area (Å²) in [5, 5.41) is 10.1. The van der Waals surface area contributed by atoms with Crippen molar-refractivity contribution in [1.29, 1.82) is 0 Å². The Morgan fingerprint density at radius 1 is 0.303 bits per heavy atom. The van der Waals surface area contributed by atoms with Crippen LogP contribution in [0.4, 0.5) is 17.1 Å². The maximum Gasteiger partial charge on any atom is 0.0634 e. The lowest BCUT2D eigenvalue weighted by molar-refractivity contribution is 0.863. The van der Waals surface area contributed by atoms with Gasteiger partial charge in [-0.25, -0.2) is 0 Å². The molecule has 0 saturated carbocycles. The fourth-order valence-corrected chi connectivity index (χ4v) is 13.3. The molecule has 1 unspecified atom stereocenters. The first-order chi connectivity index (χ1) is 37.4.